The van der Waals surface area contributed by atoms with Crippen LogP contribution < -0.4 is 10.2 Å². The number of nitrogens with one attached hydrogen (secondary N) is 1. The summed E-state index contributed by atoms with van der Waals surface area (Å²) >= 11 is 0. The maximum absolute atomic E-state index is 9.85. The minimum atomic E-state index is -0.553. The molecule has 0 saturated heterocycles. The topological polar surface area (TPSA) is 46.4 Å². The second-order valence-corrected chi connectivity index (χ2v) is 4.74. The molecule has 1 atom stereocenters. The molecule has 4 nitrogen and oxygen atoms in total. The molecule has 4 heteroatoms. The van der Waals surface area contributed by atoms with E-state index in [0.29, 0.717) is 6.54 Å². The number of hydrogen-bond donors (Lipinski definition) is 2. The van der Waals surface area contributed by atoms with Crippen LogP contribution in [0.25, 0.3) is 0 Å². The van der Waals surface area contributed by atoms with Crippen LogP contribution in [0.2, 0.25) is 0 Å². The Labute approximate surface area is 113 Å². The maximum atomic E-state index is 9.85. The van der Waals surface area contributed by atoms with Crippen LogP contribution in [0.4, 0.5) is 0 Å². The van der Waals surface area contributed by atoms with Crippen molar-refractivity contribution in [3.63, 3.8) is 0 Å². The fourth-order valence-corrected chi connectivity index (χ4v) is 1.92. The van der Waals surface area contributed by atoms with Gasteiger partial charge < -0.3 is 15.3 Å². The average molecular weight is 260 g/mol. The third-order valence-corrected chi connectivity index (χ3v) is 2.75. The molecule has 0 saturated carbocycles. The summed E-state index contributed by atoms with van der Waals surface area (Å²) in [6.45, 7) is 4.78. The second kappa shape index (κ2) is 6.29. The number of hydrogen-bond acceptors (Lipinski definition) is 3. The first-order valence-electron chi connectivity index (χ1n) is 6.39. The van der Waals surface area contributed by atoms with Gasteiger partial charge in [-0.2, -0.15) is 0 Å². The van der Waals surface area contributed by atoms with Gasteiger partial charge >= 0.3 is 0 Å². The number of benzene rings is 1. The molecule has 0 radical (unpaired) electrons. The van der Waals surface area contributed by atoms with Gasteiger partial charge in [0.15, 0.2) is 0 Å². The number of aromatic nitrogens is 1. The van der Waals surface area contributed by atoms with E-state index in [-0.39, 0.29) is 6.61 Å². The summed E-state index contributed by atoms with van der Waals surface area (Å²) in [6.07, 6.45) is 3.22. The Hall–Kier alpha value is -1.94. The summed E-state index contributed by atoms with van der Waals surface area (Å²) in [4.78, 5) is 0. The predicted octanol–water partition coefficient (Wildman–Crippen LogP) is 2.09. The van der Waals surface area contributed by atoms with Gasteiger partial charge in [-0.1, -0.05) is 6.07 Å². The van der Waals surface area contributed by atoms with Gasteiger partial charge in [-0.3, -0.25) is 4.68 Å². The second-order valence-electron chi connectivity index (χ2n) is 4.74. The number of aliphatic hydroxyl groups excluding tert-OH is 1. The standard InChI is InChI=1S/C15H20N2O2/c1-12-7-13(2)9-15(8-12)19-11-14(18)10-16-17-5-3-4-6-17/h3-9,14,16,18H,10-11H2,1-2H3. The lowest BCUT2D eigenvalue weighted by molar-refractivity contribution is 0.115. The zero-order valence-electron chi connectivity index (χ0n) is 11.3. The molecule has 1 heterocycles. The summed E-state index contributed by atoms with van der Waals surface area (Å²) < 4.78 is 7.41. The Balaban J connectivity index is 1.78. The molecule has 2 N–H and O–H groups in total. The van der Waals surface area contributed by atoms with Crippen molar-refractivity contribution < 1.29 is 9.84 Å². The Morgan fingerprint density at radius 3 is 2.42 bits per heavy atom. The zero-order chi connectivity index (χ0) is 13.7. The van der Waals surface area contributed by atoms with Crippen molar-refractivity contribution in [2.24, 2.45) is 0 Å². The van der Waals surface area contributed by atoms with Crippen LogP contribution in [0, 0.1) is 13.8 Å². The van der Waals surface area contributed by atoms with E-state index in [1.165, 1.54) is 0 Å². The highest BCUT2D eigenvalue weighted by Gasteiger charge is 2.05. The lowest BCUT2D eigenvalue weighted by Gasteiger charge is -2.15. The van der Waals surface area contributed by atoms with E-state index in [2.05, 4.69) is 11.5 Å². The van der Waals surface area contributed by atoms with E-state index in [4.69, 9.17) is 4.74 Å². The third-order valence-electron chi connectivity index (χ3n) is 2.75. The van der Waals surface area contributed by atoms with Gasteiger partial charge in [-0.25, -0.2) is 0 Å². The van der Waals surface area contributed by atoms with Crippen LogP contribution in [-0.4, -0.2) is 29.0 Å². The van der Waals surface area contributed by atoms with Crippen molar-refractivity contribution in [3.05, 3.63) is 53.9 Å². The minimum absolute atomic E-state index is 0.275. The number of ether oxygens (including phenoxy) is 1. The first-order chi connectivity index (χ1) is 9.13. The molecular formula is C15H20N2O2. The van der Waals surface area contributed by atoms with Gasteiger partial charge in [-0.05, 0) is 49.2 Å². The summed E-state index contributed by atoms with van der Waals surface area (Å²) in [7, 11) is 0. The largest absolute Gasteiger partial charge is 0.491 e. The van der Waals surface area contributed by atoms with E-state index >= 15 is 0 Å². The number of aliphatic hydroxyl groups is 1. The molecule has 0 aliphatic rings. The lowest BCUT2D eigenvalue weighted by atomic mass is 10.1. The summed E-state index contributed by atoms with van der Waals surface area (Å²) in [5, 5.41) is 9.85. The molecule has 0 fully saturated rings. The molecule has 102 valence electrons. The highest BCUT2D eigenvalue weighted by Crippen LogP contribution is 2.16. The van der Waals surface area contributed by atoms with Gasteiger partial charge in [-0.15, -0.1) is 0 Å². The fraction of sp³-hybridized carbons (Fsp3) is 0.333. The van der Waals surface area contributed by atoms with Crippen molar-refractivity contribution in [2.75, 3.05) is 18.6 Å². The Morgan fingerprint density at radius 1 is 1.16 bits per heavy atom. The third kappa shape index (κ3) is 4.34. The fourth-order valence-electron chi connectivity index (χ4n) is 1.92. The molecule has 0 bridgehead atoms. The summed E-state index contributed by atoms with van der Waals surface area (Å²) in [6, 6.07) is 9.88. The van der Waals surface area contributed by atoms with Crippen LogP contribution in [0.5, 0.6) is 5.75 Å². The molecule has 2 rings (SSSR count). The number of nitrogens with zero attached hydrogens (tertiary/aromatic N) is 1. The van der Waals surface area contributed by atoms with Crippen molar-refractivity contribution in [3.8, 4) is 5.75 Å². The monoisotopic (exact) mass is 260 g/mol. The molecular weight excluding hydrogens is 240 g/mol. The van der Waals surface area contributed by atoms with Gasteiger partial charge in [0.05, 0.1) is 6.54 Å². The molecule has 1 aromatic heterocycles. The molecule has 1 unspecified atom stereocenters. The maximum Gasteiger partial charge on any atom is 0.119 e. The predicted molar refractivity (Wildman–Crippen MR) is 76.1 cm³/mol. The molecule has 1 aromatic carbocycles. The molecule has 0 aliphatic heterocycles. The molecule has 0 spiro atoms. The highest BCUT2D eigenvalue weighted by molar-refractivity contribution is 5.32. The smallest absolute Gasteiger partial charge is 0.119 e. The normalized spacial score (nSPS) is 12.2. The van der Waals surface area contributed by atoms with Gasteiger partial charge in [0, 0.05) is 12.4 Å². The summed E-state index contributed by atoms with van der Waals surface area (Å²) in [5.41, 5.74) is 5.39. The van der Waals surface area contributed by atoms with E-state index in [1.54, 1.807) is 4.68 Å². The SMILES string of the molecule is Cc1cc(C)cc(OCC(O)CNn2cccc2)c1. The number of rotatable bonds is 6. The molecule has 2 aromatic rings. The zero-order valence-corrected chi connectivity index (χ0v) is 11.3. The Kier molecular flexibility index (Phi) is 4.47. The molecule has 19 heavy (non-hydrogen) atoms. The van der Waals surface area contributed by atoms with Crippen molar-refractivity contribution in [1.29, 1.82) is 0 Å². The van der Waals surface area contributed by atoms with Crippen LogP contribution >= 0.6 is 0 Å². The lowest BCUT2D eigenvalue weighted by Crippen LogP contribution is -2.30. The Morgan fingerprint density at radius 2 is 1.79 bits per heavy atom. The van der Waals surface area contributed by atoms with Gasteiger partial charge in [0.1, 0.15) is 18.5 Å². The minimum Gasteiger partial charge on any atom is -0.491 e. The number of aryl methyl sites for hydroxylation is 2. The molecule has 0 amide bonds. The van der Waals surface area contributed by atoms with E-state index in [1.807, 2.05) is 50.5 Å². The van der Waals surface area contributed by atoms with E-state index in [9.17, 15) is 5.11 Å². The average Bonchev–Trinajstić information content (AvgIpc) is 2.86. The first kappa shape index (κ1) is 13.5. The van der Waals surface area contributed by atoms with Crippen LogP contribution in [-0.2, 0) is 0 Å². The van der Waals surface area contributed by atoms with E-state index in [0.717, 1.165) is 16.9 Å². The van der Waals surface area contributed by atoms with E-state index < -0.39 is 6.10 Å². The van der Waals surface area contributed by atoms with Crippen molar-refractivity contribution in [2.45, 2.75) is 20.0 Å². The molecule has 0 aliphatic carbocycles. The van der Waals surface area contributed by atoms with Crippen molar-refractivity contribution in [1.82, 2.24) is 4.68 Å². The van der Waals surface area contributed by atoms with Gasteiger partial charge in [0.2, 0.25) is 0 Å². The van der Waals surface area contributed by atoms with Crippen molar-refractivity contribution >= 4 is 0 Å². The first-order valence-corrected chi connectivity index (χ1v) is 6.39. The quantitative estimate of drug-likeness (QED) is 0.836. The van der Waals surface area contributed by atoms with Gasteiger partial charge in [0.25, 0.3) is 0 Å². The van der Waals surface area contributed by atoms with Crippen LogP contribution in [0.1, 0.15) is 11.1 Å². The highest BCUT2D eigenvalue weighted by atomic mass is 16.5. The van der Waals surface area contributed by atoms with Crippen LogP contribution in [0.15, 0.2) is 42.7 Å². The Bertz CT molecular complexity index is 489. The summed E-state index contributed by atoms with van der Waals surface area (Å²) in [5.74, 6) is 0.803. The van der Waals surface area contributed by atoms with Crippen LogP contribution in [0.3, 0.4) is 0 Å².